The quantitative estimate of drug-likeness (QED) is 0.786. The molecular formula is C10H11NO3S. The minimum absolute atomic E-state index is 0.155. The van der Waals surface area contributed by atoms with Gasteiger partial charge >= 0.3 is 0 Å². The average Bonchev–Trinajstić information content (AvgIpc) is 2.14. The second-order valence-electron chi connectivity index (χ2n) is 3.31. The zero-order chi connectivity index (χ0) is 11.5. The standard InChI is InChI=1S/C10H11NO3S/c1-8-2-3-9(10(6-8)7-11)4-5-15(12,13)14/h2-3,6H,4-5H2,1H3,(H,12,13,14). The van der Waals surface area contributed by atoms with Gasteiger partial charge in [-0.2, -0.15) is 13.7 Å². The maximum atomic E-state index is 10.5. The van der Waals surface area contributed by atoms with Crippen LogP contribution >= 0.6 is 0 Å². The average molecular weight is 225 g/mol. The van der Waals surface area contributed by atoms with Crippen molar-refractivity contribution in [3.05, 3.63) is 34.9 Å². The van der Waals surface area contributed by atoms with Crippen LogP contribution < -0.4 is 0 Å². The third-order valence-electron chi connectivity index (χ3n) is 2.02. The zero-order valence-corrected chi connectivity index (χ0v) is 9.08. The third-order valence-corrected chi connectivity index (χ3v) is 2.74. The number of benzene rings is 1. The zero-order valence-electron chi connectivity index (χ0n) is 8.27. The van der Waals surface area contributed by atoms with Gasteiger partial charge in [-0.25, -0.2) is 0 Å². The predicted molar refractivity (Wildman–Crippen MR) is 56.0 cm³/mol. The molecule has 0 aliphatic rings. The molecule has 0 radical (unpaired) electrons. The highest BCUT2D eigenvalue weighted by Gasteiger charge is 2.08. The molecule has 80 valence electrons. The Morgan fingerprint density at radius 3 is 2.67 bits per heavy atom. The van der Waals surface area contributed by atoms with Gasteiger partial charge in [-0.15, -0.1) is 0 Å². The second kappa shape index (κ2) is 4.43. The molecule has 1 aromatic rings. The second-order valence-corrected chi connectivity index (χ2v) is 4.88. The Morgan fingerprint density at radius 1 is 1.47 bits per heavy atom. The Balaban J connectivity index is 2.92. The number of hydrogen-bond donors (Lipinski definition) is 1. The molecule has 0 saturated carbocycles. The highest BCUT2D eigenvalue weighted by molar-refractivity contribution is 7.85. The van der Waals surface area contributed by atoms with E-state index in [2.05, 4.69) is 0 Å². The van der Waals surface area contributed by atoms with E-state index >= 15 is 0 Å². The van der Waals surface area contributed by atoms with Gasteiger partial charge in [-0.1, -0.05) is 12.1 Å². The third kappa shape index (κ3) is 3.70. The maximum absolute atomic E-state index is 10.5. The Hall–Kier alpha value is -1.38. The van der Waals surface area contributed by atoms with E-state index in [-0.39, 0.29) is 12.2 Å². The number of rotatable bonds is 3. The van der Waals surface area contributed by atoms with Crippen LogP contribution in [0, 0.1) is 18.3 Å². The van der Waals surface area contributed by atoms with E-state index in [0.717, 1.165) is 5.56 Å². The van der Waals surface area contributed by atoms with E-state index in [4.69, 9.17) is 9.81 Å². The minimum atomic E-state index is -3.97. The Labute approximate surface area is 88.9 Å². The molecule has 0 aromatic heterocycles. The van der Waals surface area contributed by atoms with Crippen LogP contribution in [0.2, 0.25) is 0 Å². The van der Waals surface area contributed by atoms with Crippen molar-refractivity contribution >= 4 is 10.1 Å². The Morgan fingerprint density at radius 2 is 2.13 bits per heavy atom. The SMILES string of the molecule is Cc1ccc(CCS(=O)(=O)O)c(C#N)c1. The molecule has 0 amide bonds. The first-order valence-electron chi connectivity index (χ1n) is 4.37. The first kappa shape index (κ1) is 11.7. The Bertz CT molecular complexity index is 500. The topological polar surface area (TPSA) is 78.2 Å². The lowest BCUT2D eigenvalue weighted by molar-refractivity contribution is 0.482. The van der Waals surface area contributed by atoms with Gasteiger partial charge in [-0.05, 0) is 30.5 Å². The van der Waals surface area contributed by atoms with Crippen molar-refractivity contribution in [3.8, 4) is 6.07 Å². The number of hydrogen-bond acceptors (Lipinski definition) is 3. The molecule has 1 N–H and O–H groups in total. The van der Waals surface area contributed by atoms with Crippen LogP contribution in [0.25, 0.3) is 0 Å². The Kier molecular flexibility index (Phi) is 3.45. The molecule has 0 spiro atoms. The molecule has 0 saturated heterocycles. The molecule has 5 heteroatoms. The fraction of sp³-hybridized carbons (Fsp3) is 0.300. The molecule has 0 fully saturated rings. The van der Waals surface area contributed by atoms with Crippen molar-refractivity contribution in [2.24, 2.45) is 0 Å². The summed E-state index contributed by atoms with van der Waals surface area (Å²) in [6.45, 7) is 1.85. The number of aryl methyl sites for hydroxylation is 2. The molecule has 0 aliphatic heterocycles. The van der Waals surface area contributed by atoms with Gasteiger partial charge in [0.1, 0.15) is 0 Å². The highest BCUT2D eigenvalue weighted by Crippen LogP contribution is 2.11. The molecule has 0 aliphatic carbocycles. The lowest BCUT2D eigenvalue weighted by atomic mass is 10.0. The van der Waals surface area contributed by atoms with Crippen LogP contribution in [0.1, 0.15) is 16.7 Å². The van der Waals surface area contributed by atoms with Crippen LogP contribution in [-0.4, -0.2) is 18.7 Å². The highest BCUT2D eigenvalue weighted by atomic mass is 32.2. The van der Waals surface area contributed by atoms with Gasteiger partial charge < -0.3 is 0 Å². The number of nitriles is 1. The van der Waals surface area contributed by atoms with Crippen molar-refractivity contribution in [3.63, 3.8) is 0 Å². The molecule has 0 heterocycles. The van der Waals surface area contributed by atoms with Gasteiger partial charge in [0.05, 0.1) is 17.4 Å². The molecule has 0 atom stereocenters. The maximum Gasteiger partial charge on any atom is 0.265 e. The fourth-order valence-electron chi connectivity index (χ4n) is 1.25. The summed E-state index contributed by atoms with van der Waals surface area (Å²) in [5.74, 6) is -0.356. The predicted octanol–water partition coefficient (Wildman–Crippen LogP) is 1.30. The van der Waals surface area contributed by atoms with Crippen LogP contribution in [0.15, 0.2) is 18.2 Å². The van der Waals surface area contributed by atoms with E-state index in [1.165, 1.54) is 0 Å². The summed E-state index contributed by atoms with van der Waals surface area (Å²) in [5.41, 5.74) is 2.04. The number of nitrogens with zero attached hydrogens (tertiary/aromatic N) is 1. The van der Waals surface area contributed by atoms with Gasteiger partial charge in [0.2, 0.25) is 0 Å². The van der Waals surface area contributed by atoms with Crippen molar-refractivity contribution < 1.29 is 13.0 Å². The molecule has 4 nitrogen and oxygen atoms in total. The molecule has 15 heavy (non-hydrogen) atoms. The van der Waals surface area contributed by atoms with Crippen LogP contribution in [-0.2, 0) is 16.5 Å². The van der Waals surface area contributed by atoms with Crippen LogP contribution in [0.5, 0.6) is 0 Å². The van der Waals surface area contributed by atoms with Gasteiger partial charge in [0.15, 0.2) is 0 Å². The largest absolute Gasteiger partial charge is 0.286 e. The van der Waals surface area contributed by atoms with Gasteiger partial charge in [-0.3, -0.25) is 4.55 Å². The van der Waals surface area contributed by atoms with Crippen molar-refractivity contribution in [1.29, 1.82) is 5.26 Å². The summed E-state index contributed by atoms with van der Waals surface area (Å²) in [5, 5.41) is 8.81. The van der Waals surface area contributed by atoms with E-state index < -0.39 is 10.1 Å². The fourth-order valence-corrected chi connectivity index (χ4v) is 1.73. The summed E-state index contributed by atoms with van der Waals surface area (Å²) in [7, 11) is -3.97. The summed E-state index contributed by atoms with van der Waals surface area (Å²) < 4.78 is 29.7. The monoisotopic (exact) mass is 225 g/mol. The summed E-state index contributed by atoms with van der Waals surface area (Å²) in [4.78, 5) is 0. The summed E-state index contributed by atoms with van der Waals surface area (Å²) in [6, 6.07) is 7.20. The van der Waals surface area contributed by atoms with Crippen molar-refractivity contribution in [2.45, 2.75) is 13.3 Å². The lowest BCUT2D eigenvalue weighted by Crippen LogP contribution is -2.07. The van der Waals surface area contributed by atoms with E-state index in [9.17, 15) is 8.42 Å². The molecule has 0 unspecified atom stereocenters. The molecule has 1 rings (SSSR count). The van der Waals surface area contributed by atoms with E-state index in [1.54, 1.807) is 18.2 Å². The van der Waals surface area contributed by atoms with E-state index in [0.29, 0.717) is 11.1 Å². The first-order chi connectivity index (χ1) is 6.92. The van der Waals surface area contributed by atoms with Gasteiger partial charge in [0, 0.05) is 0 Å². The van der Waals surface area contributed by atoms with Crippen LogP contribution in [0.3, 0.4) is 0 Å². The van der Waals surface area contributed by atoms with E-state index in [1.807, 2.05) is 13.0 Å². The smallest absolute Gasteiger partial charge is 0.265 e. The summed E-state index contributed by atoms with van der Waals surface area (Å²) in [6.07, 6.45) is 0.155. The van der Waals surface area contributed by atoms with Crippen molar-refractivity contribution in [1.82, 2.24) is 0 Å². The van der Waals surface area contributed by atoms with Crippen molar-refractivity contribution in [2.75, 3.05) is 5.75 Å². The summed E-state index contributed by atoms with van der Waals surface area (Å²) >= 11 is 0. The van der Waals surface area contributed by atoms with Crippen LogP contribution in [0.4, 0.5) is 0 Å². The first-order valence-corrected chi connectivity index (χ1v) is 5.98. The van der Waals surface area contributed by atoms with Gasteiger partial charge in [0.25, 0.3) is 10.1 Å². The molecular weight excluding hydrogens is 214 g/mol. The minimum Gasteiger partial charge on any atom is -0.286 e. The molecule has 1 aromatic carbocycles. The lowest BCUT2D eigenvalue weighted by Gasteiger charge is -2.03. The normalized spacial score (nSPS) is 11.0. The molecule has 0 bridgehead atoms.